The number of ketones is 1. The Balaban J connectivity index is 2.13. The molecule has 7 nitrogen and oxygen atoms in total. The Kier molecular flexibility index (Phi) is 2.82. The van der Waals surface area contributed by atoms with Crippen molar-refractivity contribution in [2.24, 2.45) is 0 Å². The molecule has 0 unspecified atom stereocenters. The fourth-order valence-electron chi connectivity index (χ4n) is 2.72. The van der Waals surface area contributed by atoms with Crippen molar-refractivity contribution >= 4 is 34.0 Å². The Labute approximate surface area is 137 Å². The van der Waals surface area contributed by atoms with E-state index in [9.17, 15) is 24.1 Å². The van der Waals surface area contributed by atoms with Crippen LogP contribution in [0, 0.1) is 15.9 Å². The largest absolute Gasteiger partial charge is 0.285 e. The van der Waals surface area contributed by atoms with E-state index in [1.54, 1.807) is 0 Å². The summed E-state index contributed by atoms with van der Waals surface area (Å²) in [7, 11) is 0. The smallest absolute Gasteiger partial charge is 0.270 e. The molecule has 118 valence electrons. The molecule has 0 saturated carbocycles. The van der Waals surface area contributed by atoms with Crippen molar-refractivity contribution in [1.82, 2.24) is 9.55 Å². The molecule has 0 N–H and O–H groups in total. The van der Waals surface area contributed by atoms with Crippen molar-refractivity contribution in [3.63, 3.8) is 0 Å². The maximum atomic E-state index is 13.6. The van der Waals surface area contributed by atoms with Crippen molar-refractivity contribution in [3.8, 4) is 5.69 Å². The second kappa shape index (κ2) is 4.68. The van der Waals surface area contributed by atoms with E-state index in [0.29, 0.717) is 0 Å². The predicted octanol–water partition coefficient (Wildman–Crippen LogP) is 2.63. The second-order valence-electron chi connectivity index (χ2n) is 5.12. The van der Waals surface area contributed by atoms with E-state index in [-0.39, 0.29) is 38.7 Å². The second-order valence-corrected chi connectivity index (χ2v) is 5.50. The molecule has 0 amide bonds. The van der Waals surface area contributed by atoms with Crippen LogP contribution in [0.15, 0.2) is 35.1 Å². The topological polar surface area (TPSA) is 95.1 Å². The Morgan fingerprint density at radius 2 is 1.96 bits per heavy atom. The van der Waals surface area contributed by atoms with Gasteiger partial charge in [-0.15, -0.1) is 0 Å². The zero-order chi connectivity index (χ0) is 17.2. The summed E-state index contributed by atoms with van der Waals surface area (Å²) in [4.78, 5) is 39.5. The molecule has 0 spiro atoms. The third-order valence-corrected chi connectivity index (χ3v) is 4.18. The van der Waals surface area contributed by atoms with Gasteiger partial charge in [0.15, 0.2) is 5.82 Å². The Hall–Kier alpha value is -3.13. The lowest BCUT2D eigenvalue weighted by Gasteiger charge is -2.06. The molecule has 0 aliphatic carbocycles. The molecular weight excluding hydrogens is 341 g/mol. The SMILES string of the molecule is O=C1c2cc([N+](=O)[O-])ccc2-n2c1nc1ccc(F)c(Cl)c1c2=O. The van der Waals surface area contributed by atoms with Gasteiger partial charge < -0.3 is 0 Å². The quantitative estimate of drug-likeness (QED) is 0.390. The van der Waals surface area contributed by atoms with E-state index < -0.39 is 22.1 Å². The maximum absolute atomic E-state index is 13.6. The third-order valence-electron chi connectivity index (χ3n) is 3.81. The first kappa shape index (κ1) is 14.5. The van der Waals surface area contributed by atoms with Crippen LogP contribution in [0.4, 0.5) is 10.1 Å². The van der Waals surface area contributed by atoms with Gasteiger partial charge in [-0.05, 0) is 18.2 Å². The normalized spacial score (nSPS) is 12.3. The minimum absolute atomic E-state index is 0.0132. The average molecular weight is 346 g/mol. The van der Waals surface area contributed by atoms with E-state index in [2.05, 4.69) is 4.98 Å². The predicted molar refractivity (Wildman–Crippen MR) is 82.4 cm³/mol. The van der Waals surface area contributed by atoms with Gasteiger partial charge in [-0.1, -0.05) is 11.6 Å². The van der Waals surface area contributed by atoms with E-state index in [1.807, 2.05) is 0 Å². The minimum Gasteiger partial charge on any atom is -0.285 e. The third kappa shape index (κ3) is 1.74. The summed E-state index contributed by atoms with van der Waals surface area (Å²) in [5.41, 5.74) is -0.772. The van der Waals surface area contributed by atoms with Gasteiger partial charge in [0.2, 0.25) is 5.78 Å². The number of carbonyl (C=O) groups is 1. The molecule has 1 aliphatic heterocycles. The zero-order valence-electron chi connectivity index (χ0n) is 11.6. The van der Waals surface area contributed by atoms with Crippen LogP contribution < -0.4 is 5.56 Å². The number of non-ortho nitro benzene ring substituents is 1. The maximum Gasteiger partial charge on any atom is 0.270 e. The van der Waals surface area contributed by atoms with E-state index in [1.165, 1.54) is 18.2 Å². The lowest BCUT2D eigenvalue weighted by molar-refractivity contribution is -0.384. The fourth-order valence-corrected chi connectivity index (χ4v) is 2.96. The molecule has 0 atom stereocenters. The first-order chi connectivity index (χ1) is 11.4. The van der Waals surface area contributed by atoms with Gasteiger partial charge in [-0.3, -0.25) is 24.3 Å². The molecule has 0 fully saturated rings. The molecule has 24 heavy (non-hydrogen) atoms. The molecule has 1 aromatic heterocycles. The summed E-state index contributed by atoms with van der Waals surface area (Å²) < 4.78 is 14.6. The molecule has 0 radical (unpaired) electrons. The van der Waals surface area contributed by atoms with Crippen molar-refractivity contribution in [3.05, 3.63) is 73.0 Å². The summed E-state index contributed by atoms with van der Waals surface area (Å²) in [5, 5.41) is 10.3. The van der Waals surface area contributed by atoms with Crippen LogP contribution in [0.2, 0.25) is 5.02 Å². The molecule has 2 heterocycles. The monoisotopic (exact) mass is 345 g/mol. The number of carbonyl (C=O) groups excluding carboxylic acids is 1. The summed E-state index contributed by atoms with van der Waals surface area (Å²) in [6.07, 6.45) is 0. The van der Waals surface area contributed by atoms with Crippen molar-refractivity contribution < 1.29 is 14.1 Å². The van der Waals surface area contributed by atoms with Crippen LogP contribution in [-0.4, -0.2) is 20.3 Å². The average Bonchev–Trinajstić information content (AvgIpc) is 2.83. The van der Waals surface area contributed by atoms with Crippen LogP contribution in [0.1, 0.15) is 16.2 Å². The van der Waals surface area contributed by atoms with Crippen LogP contribution in [0.5, 0.6) is 0 Å². The van der Waals surface area contributed by atoms with Gasteiger partial charge in [-0.25, -0.2) is 9.37 Å². The number of nitro benzene ring substituents is 1. The molecule has 0 saturated heterocycles. The molecule has 2 aromatic carbocycles. The first-order valence-electron chi connectivity index (χ1n) is 6.64. The minimum atomic E-state index is -0.781. The van der Waals surface area contributed by atoms with Gasteiger partial charge >= 0.3 is 0 Å². The number of hydrogen-bond acceptors (Lipinski definition) is 5. The number of benzene rings is 2. The van der Waals surface area contributed by atoms with Crippen molar-refractivity contribution in [2.45, 2.75) is 0 Å². The molecular formula is C15H5ClFN3O4. The number of aromatic nitrogens is 2. The fraction of sp³-hybridized carbons (Fsp3) is 0. The number of fused-ring (bicyclic) bond motifs is 4. The zero-order valence-corrected chi connectivity index (χ0v) is 12.4. The van der Waals surface area contributed by atoms with Crippen LogP contribution in [0.3, 0.4) is 0 Å². The van der Waals surface area contributed by atoms with Crippen molar-refractivity contribution in [1.29, 1.82) is 0 Å². The number of nitro groups is 1. The Morgan fingerprint density at radius 1 is 1.21 bits per heavy atom. The standard InChI is InChI=1S/C15H5ClFN3O4/c16-12-8(17)2-3-9-11(12)15(22)19-10-4-1-6(20(23)24)5-7(10)13(21)14(19)18-9/h1-5H. The first-order valence-corrected chi connectivity index (χ1v) is 7.02. The van der Waals surface area contributed by atoms with Gasteiger partial charge in [-0.2, -0.15) is 0 Å². The lowest BCUT2D eigenvalue weighted by atomic mass is 10.1. The highest BCUT2D eigenvalue weighted by atomic mass is 35.5. The Morgan fingerprint density at radius 3 is 2.67 bits per heavy atom. The molecule has 9 heteroatoms. The van der Waals surface area contributed by atoms with E-state index in [0.717, 1.165) is 16.7 Å². The van der Waals surface area contributed by atoms with Gasteiger partial charge in [0.05, 0.1) is 32.1 Å². The number of halogens is 2. The molecule has 3 aromatic rings. The number of rotatable bonds is 1. The molecule has 4 rings (SSSR count). The molecule has 0 bridgehead atoms. The summed E-state index contributed by atoms with van der Waals surface area (Å²) in [5.74, 6) is -1.59. The van der Waals surface area contributed by atoms with Crippen LogP contribution >= 0.6 is 11.6 Å². The van der Waals surface area contributed by atoms with Gasteiger partial charge in [0.25, 0.3) is 11.2 Å². The van der Waals surface area contributed by atoms with E-state index >= 15 is 0 Å². The highest BCUT2D eigenvalue weighted by Gasteiger charge is 2.32. The van der Waals surface area contributed by atoms with Gasteiger partial charge in [0, 0.05) is 12.1 Å². The summed E-state index contributed by atoms with van der Waals surface area (Å²) in [6.45, 7) is 0. The summed E-state index contributed by atoms with van der Waals surface area (Å²) >= 11 is 5.86. The van der Waals surface area contributed by atoms with Crippen LogP contribution in [0.25, 0.3) is 16.6 Å². The highest BCUT2D eigenvalue weighted by molar-refractivity contribution is 6.35. The van der Waals surface area contributed by atoms with E-state index in [4.69, 9.17) is 11.6 Å². The van der Waals surface area contributed by atoms with Gasteiger partial charge in [0.1, 0.15) is 5.82 Å². The van der Waals surface area contributed by atoms with Crippen molar-refractivity contribution in [2.75, 3.05) is 0 Å². The summed E-state index contributed by atoms with van der Waals surface area (Å²) in [6, 6.07) is 5.83. The van der Waals surface area contributed by atoms with Crippen LogP contribution in [-0.2, 0) is 0 Å². The highest BCUT2D eigenvalue weighted by Crippen LogP contribution is 2.31. The Bertz CT molecular complexity index is 1160. The number of nitrogens with zero attached hydrogens (tertiary/aromatic N) is 3. The molecule has 1 aliphatic rings. The number of hydrogen-bond donors (Lipinski definition) is 0. The lowest BCUT2D eigenvalue weighted by Crippen LogP contribution is -2.22.